The predicted molar refractivity (Wildman–Crippen MR) is 99.1 cm³/mol. The molecule has 0 spiro atoms. The average molecular weight is 376 g/mol. The average Bonchev–Trinajstić information content (AvgIpc) is 2.66. The number of rotatable bonds is 7. The van der Waals surface area contributed by atoms with E-state index in [-0.39, 0.29) is 6.54 Å². The lowest BCUT2D eigenvalue weighted by Gasteiger charge is -2.07. The molecule has 26 heavy (non-hydrogen) atoms. The molecule has 0 aliphatic carbocycles. The SMILES string of the molecule is COc1ccc(OC)c(/C=N\NC(=O)CNC(=O)c2cccc(Cl)c2)c1. The molecule has 136 valence electrons. The van der Waals surface area contributed by atoms with E-state index in [1.807, 2.05) is 0 Å². The van der Waals surface area contributed by atoms with Crippen molar-refractivity contribution in [3.63, 3.8) is 0 Å². The van der Waals surface area contributed by atoms with E-state index >= 15 is 0 Å². The molecule has 0 heterocycles. The van der Waals surface area contributed by atoms with Gasteiger partial charge < -0.3 is 14.8 Å². The van der Waals surface area contributed by atoms with E-state index in [0.717, 1.165) is 0 Å². The molecule has 2 amide bonds. The zero-order chi connectivity index (χ0) is 18.9. The fraction of sp³-hybridized carbons (Fsp3) is 0.167. The first-order chi connectivity index (χ1) is 12.5. The van der Waals surface area contributed by atoms with Crippen LogP contribution in [0.5, 0.6) is 11.5 Å². The first kappa shape index (κ1) is 19.3. The Labute approximate surface area is 155 Å². The van der Waals surface area contributed by atoms with E-state index < -0.39 is 11.8 Å². The Kier molecular flexibility index (Phi) is 6.99. The minimum Gasteiger partial charge on any atom is -0.497 e. The van der Waals surface area contributed by atoms with E-state index in [0.29, 0.717) is 27.6 Å². The van der Waals surface area contributed by atoms with Gasteiger partial charge in [0, 0.05) is 16.1 Å². The fourth-order valence-corrected chi connectivity index (χ4v) is 2.24. The summed E-state index contributed by atoms with van der Waals surface area (Å²) in [5.41, 5.74) is 3.34. The van der Waals surface area contributed by atoms with E-state index in [9.17, 15) is 9.59 Å². The Bertz CT molecular complexity index is 824. The number of amides is 2. The maximum Gasteiger partial charge on any atom is 0.259 e. The summed E-state index contributed by atoms with van der Waals surface area (Å²) < 4.78 is 10.3. The number of hydrogen-bond acceptors (Lipinski definition) is 5. The molecule has 0 saturated heterocycles. The van der Waals surface area contributed by atoms with Gasteiger partial charge in [-0.05, 0) is 36.4 Å². The standard InChI is InChI=1S/C18H18ClN3O4/c1-25-15-6-7-16(26-2)13(9-15)10-21-22-17(23)11-20-18(24)12-4-3-5-14(19)8-12/h3-10H,11H2,1-2H3,(H,20,24)(H,22,23)/b21-10-. The Morgan fingerprint density at radius 2 is 1.96 bits per heavy atom. The molecule has 0 saturated carbocycles. The molecule has 2 rings (SSSR count). The van der Waals surface area contributed by atoms with E-state index in [1.54, 1.807) is 43.5 Å². The van der Waals surface area contributed by atoms with Gasteiger partial charge in [-0.3, -0.25) is 9.59 Å². The van der Waals surface area contributed by atoms with Crippen LogP contribution in [0, 0.1) is 0 Å². The zero-order valence-corrected chi connectivity index (χ0v) is 15.0. The van der Waals surface area contributed by atoms with Crippen LogP contribution in [0.2, 0.25) is 5.02 Å². The number of halogens is 1. The summed E-state index contributed by atoms with van der Waals surface area (Å²) in [7, 11) is 3.08. The molecule has 8 heteroatoms. The van der Waals surface area contributed by atoms with Crippen LogP contribution in [0.1, 0.15) is 15.9 Å². The van der Waals surface area contributed by atoms with Gasteiger partial charge in [-0.1, -0.05) is 17.7 Å². The lowest BCUT2D eigenvalue weighted by atomic mass is 10.2. The molecule has 2 N–H and O–H groups in total. The highest BCUT2D eigenvalue weighted by molar-refractivity contribution is 6.30. The van der Waals surface area contributed by atoms with Crippen molar-refractivity contribution in [2.75, 3.05) is 20.8 Å². The highest BCUT2D eigenvalue weighted by Gasteiger charge is 2.08. The van der Waals surface area contributed by atoms with Gasteiger partial charge >= 0.3 is 0 Å². The van der Waals surface area contributed by atoms with Gasteiger partial charge in [0.05, 0.1) is 27.0 Å². The Morgan fingerprint density at radius 3 is 2.65 bits per heavy atom. The smallest absolute Gasteiger partial charge is 0.259 e. The van der Waals surface area contributed by atoms with Crippen molar-refractivity contribution in [1.29, 1.82) is 0 Å². The fourth-order valence-electron chi connectivity index (χ4n) is 2.05. The predicted octanol–water partition coefficient (Wildman–Crippen LogP) is 2.24. The lowest BCUT2D eigenvalue weighted by Crippen LogP contribution is -2.34. The molecule has 0 atom stereocenters. The van der Waals surface area contributed by atoms with Crippen molar-refractivity contribution in [2.45, 2.75) is 0 Å². The monoisotopic (exact) mass is 375 g/mol. The number of benzene rings is 2. The highest BCUT2D eigenvalue weighted by Crippen LogP contribution is 2.22. The molecule has 0 unspecified atom stereocenters. The van der Waals surface area contributed by atoms with Gasteiger partial charge in [0.15, 0.2) is 0 Å². The van der Waals surface area contributed by atoms with Crippen molar-refractivity contribution in [3.05, 3.63) is 58.6 Å². The molecule has 0 bridgehead atoms. The third kappa shape index (κ3) is 5.49. The second-order valence-corrected chi connectivity index (χ2v) is 5.53. The van der Waals surface area contributed by atoms with Crippen LogP contribution in [-0.4, -0.2) is 38.8 Å². The van der Waals surface area contributed by atoms with Crippen LogP contribution >= 0.6 is 11.6 Å². The largest absolute Gasteiger partial charge is 0.497 e. The maximum absolute atomic E-state index is 11.9. The lowest BCUT2D eigenvalue weighted by molar-refractivity contribution is -0.120. The number of carbonyl (C=O) groups excluding carboxylic acids is 2. The summed E-state index contributed by atoms with van der Waals surface area (Å²) in [6.45, 7) is -0.224. The first-order valence-electron chi connectivity index (χ1n) is 7.61. The molecule has 7 nitrogen and oxygen atoms in total. The summed E-state index contributed by atoms with van der Waals surface area (Å²) in [6, 6.07) is 11.6. The Morgan fingerprint density at radius 1 is 1.15 bits per heavy atom. The quantitative estimate of drug-likeness (QED) is 0.573. The van der Waals surface area contributed by atoms with Gasteiger partial charge in [0.25, 0.3) is 11.8 Å². The molecule has 2 aromatic rings. The minimum atomic E-state index is -0.474. The second kappa shape index (κ2) is 9.43. The van der Waals surface area contributed by atoms with Gasteiger partial charge in [0.2, 0.25) is 0 Å². The Hall–Kier alpha value is -3.06. The number of nitrogens with one attached hydrogen (secondary N) is 2. The van der Waals surface area contributed by atoms with Gasteiger partial charge in [-0.25, -0.2) is 5.43 Å². The number of carbonyl (C=O) groups is 2. The molecule has 0 aromatic heterocycles. The zero-order valence-electron chi connectivity index (χ0n) is 14.3. The number of ether oxygens (including phenoxy) is 2. The Balaban J connectivity index is 1.88. The van der Waals surface area contributed by atoms with Crippen molar-refractivity contribution in [3.8, 4) is 11.5 Å². The van der Waals surface area contributed by atoms with Crippen LogP contribution in [-0.2, 0) is 4.79 Å². The van der Waals surface area contributed by atoms with Crippen molar-refractivity contribution < 1.29 is 19.1 Å². The molecular formula is C18H18ClN3O4. The van der Waals surface area contributed by atoms with Gasteiger partial charge in [-0.15, -0.1) is 0 Å². The highest BCUT2D eigenvalue weighted by atomic mass is 35.5. The maximum atomic E-state index is 11.9. The third-order valence-corrected chi connectivity index (χ3v) is 3.56. The molecule has 0 aliphatic rings. The van der Waals surface area contributed by atoms with Gasteiger partial charge in [0.1, 0.15) is 11.5 Å². The summed E-state index contributed by atoms with van der Waals surface area (Å²) in [4.78, 5) is 23.7. The van der Waals surface area contributed by atoms with Crippen LogP contribution in [0.15, 0.2) is 47.6 Å². The first-order valence-corrected chi connectivity index (χ1v) is 7.99. The molecule has 0 radical (unpaired) electrons. The van der Waals surface area contributed by atoms with E-state index in [4.69, 9.17) is 21.1 Å². The van der Waals surface area contributed by atoms with E-state index in [1.165, 1.54) is 19.4 Å². The molecule has 2 aromatic carbocycles. The van der Waals surface area contributed by atoms with Crippen molar-refractivity contribution in [1.82, 2.24) is 10.7 Å². The van der Waals surface area contributed by atoms with Crippen LogP contribution in [0.25, 0.3) is 0 Å². The summed E-state index contributed by atoms with van der Waals surface area (Å²) in [5, 5.41) is 6.79. The van der Waals surface area contributed by atoms with Crippen molar-refractivity contribution >= 4 is 29.6 Å². The topological polar surface area (TPSA) is 89.0 Å². The number of hydrogen-bond donors (Lipinski definition) is 2. The molecule has 0 aliphatic heterocycles. The summed E-state index contributed by atoms with van der Waals surface area (Å²) in [5.74, 6) is 0.338. The van der Waals surface area contributed by atoms with Crippen LogP contribution < -0.4 is 20.2 Å². The normalized spacial score (nSPS) is 10.4. The summed E-state index contributed by atoms with van der Waals surface area (Å²) >= 11 is 5.83. The molecule has 0 fully saturated rings. The number of methoxy groups -OCH3 is 2. The minimum absolute atomic E-state index is 0.224. The van der Waals surface area contributed by atoms with Crippen LogP contribution in [0.4, 0.5) is 0 Å². The van der Waals surface area contributed by atoms with E-state index in [2.05, 4.69) is 15.8 Å². The second-order valence-electron chi connectivity index (χ2n) is 5.09. The number of nitrogens with zero attached hydrogens (tertiary/aromatic N) is 1. The number of hydrazone groups is 1. The third-order valence-electron chi connectivity index (χ3n) is 3.33. The van der Waals surface area contributed by atoms with Crippen LogP contribution in [0.3, 0.4) is 0 Å². The molecular weight excluding hydrogens is 358 g/mol. The van der Waals surface area contributed by atoms with Gasteiger partial charge in [-0.2, -0.15) is 5.10 Å². The van der Waals surface area contributed by atoms with Crippen molar-refractivity contribution in [2.24, 2.45) is 5.10 Å². The summed E-state index contributed by atoms with van der Waals surface area (Å²) in [6.07, 6.45) is 1.43.